The van der Waals surface area contributed by atoms with E-state index in [-0.39, 0.29) is 5.91 Å². The Morgan fingerprint density at radius 1 is 1.10 bits per heavy atom. The first-order valence-corrected chi connectivity index (χ1v) is 9.92. The van der Waals surface area contributed by atoms with Crippen LogP contribution < -0.4 is 10.1 Å². The summed E-state index contributed by atoms with van der Waals surface area (Å²) in [5, 5.41) is 3.36. The standard InChI is InChI=1S/C24H25N3O2/c1-29-22-8-4-5-18(15-22)11-13-25-21-9-10-23(26-16-21)24(28)27-14-12-19-6-2-3-7-20(19)17-27/h2-10,15-16,25H,11-14,17H2,1H3. The van der Waals surface area contributed by atoms with Gasteiger partial charge in [0.05, 0.1) is 19.0 Å². The molecule has 1 aliphatic rings. The lowest BCUT2D eigenvalue weighted by atomic mass is 10.00. The Morgan fingerprint density at radius 3 is 2.76 bits per heavy atom. The molecule has 0 bridgehead atoms. The fourth-order valence-electron chi connectivity index (χ4n) is 3.64. The van der Waals surface area contributed by atoms with Crippen LogP contribution in [0.4, 0.5) is 5.69 Å². The molecule has 29 heavy (non-hydrogen) atoms. The zero-order valence-corrected chi connectivity index (χ0v) is 16.6. The largest absolute Gasteiger partial charge is 0.497 e. The Bertz CT molecular complexity index is 985. The van der Waals surface area contributed by atoms with Crippen LogP contribution in [0.5, 0.6) is 5.75 Å². The zero-order valence-electron chi connectivity index (χ0n) is 16.6. The number of carbonyl (C=O) groups excluding carboxylic acids is 1. The number of nitrogens with zero attached hydrogens (tertiary/aromatic N) is 2. The molecule has 5 nitrogen and oxygen atoms in total. The maximum Gasteiger partial charge on any atom is 0.272 e. The van der Waals surface area contributed by atoms with Crippen LogP contribution in [0.15, 0.2) is 66.9 Å². The number of hydrogen-bond acceptors (Lipinski definition) is 4. The van der Waals surface area contributed by atoms with Crippen molar-refractivity contribution in [3.05, 3.63) is 89.2 Å². The van der Waals surface area contributed by atoms with Gasteiger partial charge in [-0.1, -0.05) is 36.4 Å². The average Bonchev–Trinajstić information content (AvgIpc) is 2.79. The van der Waals surface area contributed by atoms with Crippen molar-refractivity contribution >= 4 is 11.6 Å². The summed E-state index contributed by atoms with van der Waals surface area (Å²) < 4.78 is 5.26. The molecule has 0 radical (unpaired) electrons. The molecular weight excluding hydrogens is 362 g/mol. The van der Waals surface area contributed by atoms with Gasteiger partial charge in [-0.25, -0.2) is 4.98 Å². The Hall–Kier alpha value is -3.34. The lowest BCUT2D eigenvalue weighted by Gasteiger charge is -2.28. The Labute approximate surface area is 171 Å². The summed E-state index contributed by atoms with van der Waals surface area (Å²) in [7, 11) is 1.68. The molecule has 0 spiro atoms. The second-order valence-corrected chi connectivity index (χ2v) is 7.21. The molecule has 0 atom stereocenters. The van der Waals surface area contributed by atoms with Gasteiger partial charge in [-0.2, -0.15) is 0 Å². The van der Waals surface area contributed by atoms with Gasteiger partial charge in [-0.3, -0.25) is 4.79 Å². The number of methoxy groups -OCH3 is 1. The summed E-state index contributed by atoms with van der Waals surface area (Å²) in [6, 6.07) is 20.1. The monoisotopic (exact) mass is 387 g/mol. The first-order chi connectivity index (χ1) is 14.2. The first kappa shape index (κ1) is 19.0. The van der Waals surface area contributed by atoms with Crippen LogP contribution in [-0.2, 0) is 19.4 Å². The first-order valence-electron chi connectivity index (χ1n) is 9.92. The molecule has 0 fully saturated rings. The molecule has 2 heterocycles. The maximum atomic E-state index is 12.8. The van der Waals surface area contributed by atoms with Gasteiger partial charge in [0, 0.05) is 19.6 Å². The van der Waals surface area contributed by atoms with Crippen LogP contribution in [0.3, 0.4) is 0 Å². The summed E-state index contributed by atoms with van der Waals surface area (Å²) >= 11 is 0. The van der Waals surface area contributed by atoms with Gasteiger partial charge in [-0.05, 0) is 53.8 Å². The molecule has 0 unspecified atom stereocenters. The second-order valence-electron chi connectivity index (χ2n) is 7.21. The molecular formula is C24H25N3O2. The van der Waals surface area contributed by atoms with Gasteiger partial charge in [0.15, 0.2) is 0 Å². The van der Waals surface area contributed by atoms with E-state index >= 15 is 0 Å². The number of anilines is 1. The summed E-state index contributed by atoms with van der Waals surface area (Å²) in [6.45, 7) is 2.17. The molecule has 1 aromatic heterocycles. The van der Waals surface area contributed by atoms with Crippen molar-refractivity contribution in [2.24, 2.45) is 0 Å². The van der Waals surface area contributed by atoms with Crippen LogP contribution in [0.25, 0.3) is 0 Å². The number of pyridine rings is 1. The number of nitrogens with one attached hydrogen (secondary N) is 1. The van der Waals surface area contributed by atoms with Crippen molar-refractivity contribution in [2.45, 2.75) is 19.4 Å². The third-order valence-corrected chi connectivity index (χ3v) is 5.28. The van der Waals surface area contributed by atoms with Crippen LogP contribution in [0, 0.1) is 0 Å². The van der Waals surface area contributed by atoms with Crippen LogP contribution in [-0.4, -0.2) is 36.0 Å². The number of benzene rings is 2. The quantitative estimate of drug-likeness (QED) is 0.696. The van der Waals surface area contributed by atoms with E-state index in [0.29, 0.717) is 12.2 Å². The molecule has 0 saturated carbocycles. The van der Waals surface area contributed by atoms with E-state index in [1.807, 2.05) is 35.2 Å². The number of rotatable bonds is 6. The molecule has 1 amide bonds. The molecule has 2 aromatic carbocycles. The van der Waals surface area contributed by atoms with Crippen molar-refractivity contribution in [2.75, 3.05) is 25.5 Å². The second kappa shape index (κ2) is 8.78. The van der Waals surface area contributed by atoms with Crippen LogP contribution >= 0.6 is 0 Å². The third kappa shape index (κ3) is 4.57. The van der Waals surface area contributed by atoms with E-state index in [1.165, 1.54) is 16.7 Å². The van der Waals surface area contributed by atoms with E-state index in [4.69, 9.17) is 4.74 Å². The smallest absolute Gasteiger partial charge is 0.272 e. The van der Waals surface area contributed by atoms with E-state index in [1.54, 1.807) is 19.4 Å². The van der Waals surface area contributed by atoms with E-state index in [0.717, 1.165) is 37.4 Å². The molecule has 0 saturated heterocycles. The van der Waals surface area contributed by atoms with E-state index in [2.05, 4.69) is 34.6 Å². The highest BCUT2D eigenvalue weighted by Gasteiger charge is 2.22. The van der Waals surface area contributed by atoms with Gasteiger partial charge in [-0.15, -0.1) is 0 Å². The topological polar surface area (TPSA) is 54.5 Å². The highest BCUT2D eigenvalue weighted by molar-refractivity contribution is 5.92. The minimum atomic E-state index is -0.0116. The third-order valence-electron chi connectivity index (χ3n) is 5.28. The lowest BCUT2D eigenvalue weighted by molar-refractivity contribution is 0.0729. The fourth-order valence-corrected chi connectivity index (χ4v) is 3.64. The number of carbonyl (C=O) groups is 1. The number of hydrogen-bond donors (Lipinski definition) is 1. The number of aromatic nitrogens is 1. The molecule has 5 heteroatoms. The lowest BCUT2D eigenvalue weighted by Crippen LogP contribution is -2.36. The summed E-state index contributed by atoms with van der Waals surface area (Å²) in [6.07, 6.45) is 3.51. The minimum Gasteiger partial charge on any atom is -0.497 e. The van der Waals surface area contributed by atoms with Gasteiger partial charge >= 0.3 is 0 Å². The van der Waals surface area contributed by atoms with Crippen molar-refractivity contribution in [3.63, 3.8) is 0 Å². The van der Waals surface area contributed by atoms with Crippen molar-refractivity contribution in [1.82, 2.24) is 9.88 Å². The number of amides is 1. The molecule has 4 rings (SSSR count). The van der Waals surface area contributed by atoms with Crippen molar-refractivity contribution in [3.8, 4) is 5.75 Å². The summed E-state index contributed by atoms with van der Waals surface area (Å²) in [5.41, 5.74) is 5.17. The summed E-state index contributed by atoms with van der Waals surface area (Å²) in [5.74, 6) is 0.856. The van der Waals surface area contributed by atoms with Crippen LogP contribution in [0.2, 0.25) is 0 Å². The SMILES string of the molecule is COc1cccc(CCNc2ccc(C(=O)N3CCc4ccccc4C3)nc2)c1. The Balaban J connectivity index is 1.32. The van der Waals surface area contributed by atoms with E-state index < -0.39 is 0 Å². The highest BCUT2D eigenvalue weighted by Crippen LogP contribution is 2.20. The highest BCUT2D eigenvalue weighted by atomic mass is 16.5. The number of fused-ring (bicyclic) bond motifs is 1. The van der Waals surface area contributed by atoms with Crippen LogP contribution in [0.1, 0.15) is 27.2 Å². The van der Waals surface area contributed by atoms with Gasteiger partial charge in [0.1, 0.15) is 11.4 Å². The van der Waals surface area contributed by atoms with Crippen molar-refractivity contribution in [1.29, 1.82) is 0 Å². The predicted molar refractivity (Wildman–Crippen MR) is 114 cm³/mol. The number of ether oxygens (including phenoxy) is 1. The van der Waals surface area contributed by atoms with E-state index in [9.17, 15) is 4.79 Å². The average molecular weight is 387 g/mol. The van der Waals surface area contributed by atoms with Gasteiger partial charge < -0.3 is 15.0 Å². The van der Waals surface area contributed by atoms with Crippen molar-refractivity contribution < 1.29 is 9.53 Å². The summed E-state index contributed by atoms with van der Waals surface area (Å²) in [4.78, 5) is 19.1. The molecule has 1 N–H and O–H groups in total. The Morgan fingerprint density at radius 2 is 1.97 bits per heavy atom. The normalized spacial score (nSPS) is 12.9. The van der Waals surface area contributed by atoms with Gasteiger partial charge in [0.25, 0.3) is 5.91 Å². The molecule has 1 aliphatic heterocycles. The molecule has 3 aromatic rings. The fraction of sp³-hybridized carbons (Fsp3) is 0.250. The maximum absolute atomic E-state index is 12.8. The predicted octanol–water partition coefficient (Wildman–Crippen LogP) is 3.94. The minimum absolute atomic E-state index is 0.0116. The van der Waals surface area contributed by atoms with Gasteiger partial charge in [0.2, 0.25) is 0 Å². The zero-order chi connectivity index (χ0) is 20.1. The molecule has 0 aliphatic carbocycles. The molecule has 148 valence electrons. The Kier molecular flexibility index (Phi) is 5.75.